The lowest BCUT2D eigenvalue weighted by molar-refractivity contribution is -0.870. The van der Waals surface area contributed by atoms with Crippen LogP contribution in [0, 0.1) is 0 Å². The molecule has 268 valence electrons. The molecule has 0 aliphatic rings. The first-order valence-corrected chi connectivity index (χ1v) is 20.1. The summed E-state index contributed by atoms with van der Waals surface area (Å²) in [6.45, 7) is 4.72. The zero-order valence-electron chi connectivity index (χ0n) is 30.1. The molecule has 0 saturated carbocycles. The number of rotatable bonds is 33. The monoisotopic (exact) mass is 662 g/mol. The van der Waals surface area contributed by atoms with Gasteiger partial charge in [-0.2, -0.15) is 0 Å². The molecule has 0 aliphatic heterocycles. The minimum absolute atomic E-state index is 0.0633. The van der Waals surface area contributed by atoms with Crippen LogP contribution in [0.4, 0.5) is 0 Å². The number of allylic oxidation sites excluding steroid dienone is 1. The molecule has 1 amide bonds. The lowest BCUT2D eigenvalue weighted by Gasteiger charge is -2.25. The van der Waals surface area contributed by atoms with Crippen molar-refractivity contribution in [2.24, 2.45) is 0 Å². The fourth-order valence-corrected chi connectivity index (χ4v) is 5.95. The van der Waals surface area contributed by atoms with Crippen LogP contribution in [0.25, 0.3) is 0 Å². The normalized spacial score (nSPS) is 14.9. The Morgan fingerprint density at radius 2 is 1.18 bits per heavy atom. The number of likely N-dealkylation sites (N-methyl/N-ethyl adjacent to an activating group) is 1. The Balaban J connectivity index is 4.28. The maximum absolute atomic E-state index is 12.7. The molecule has 0 rings (SSSR count). The lowest BCUT2D eigenvalue weighted by atomic mass is 10.0. The number of phosphoric ester groups is 1. The molecular weight excluding hydrogens is 587 g/mol. The molecule has 0 aromatic heterocycles. The Labute approximate surface area is 278 Å². The molecule has 0 heterocycles. The summed E-state index contributed by atoms with van der Waals surface area (Å²) in [5, 5.41) is 13.6. The van der Waals surface area contributed by atoms with Crippen LogP contribution in [0.2, 0.25) is 0 Å². The first kappa shape index (κ1) is 44.2. The van der Waals surface area contributed by atoms with E-state index in [0.29, 0.717) is 17.4 Å². The predicted octanol–water partition coefficient (Wildman–Crippen LogP) is 9.24. The molecule has 0 bridgehead atoms. The van der Waals surface area contributed by atoms with Gasteiger partial charge in [0.15, 0.2) is 0 Å². The molecule has 0 aromatic rings. The highest BCUT2D eigenvalue weighted by Crippen LogP contribution is 2.43. The second-order valence-corrected chi connectivity index (χ2v) is 15.4. The topological polar surface area (TPSA) is 105 Å². The van der Waals surface area contributed by atoms with E-state index in [9.17, 15) is 19.4 Å². The van der Waals surface area contributed by atoms with E-state index in [1.54, 1.807) is 6.08 Å². The number of unbranched alkanes of at least 4 members (excludes halogenated alkanes) is 20. The Kier molecular flexibility index (Phi) is 28.9. The quantitative estimate of drug-likeness (QED) is 0.0280. The highest BCUT2D eigenvalue weighted by atomic mass is 31.2. The maximum atomic E-state index is 12.7. The number of nitrogens with one attached hydrogen (secondary N) is 1. The number of quaternary nitrogens is 1. The number of phosphoric acid groups is 1. The van der Waals surface area contributed by atoms with Crippen LogP contribution in [0.15, 0.2) is 12.2 Å². The van der Waals surface area contributed by atoms with Crippen molar-refractivity contribution in [2.45, 2.75) is 174 Å². The summed E-state index contributed by atoms with van der Waals surface area (Å²) in [7, 11) is 1.57. The highest BCUT2D eigenvalue weighted by molar-refractivity contribution is 7.47. The fourth-order valence-electron chi connectivity index (χ4n) is 5.22. The fraction of sp³-hybridized carbons (Fsp3) is 0.917. The molecular formula is C36H74N2O6P+. The minimum atomic E-state index is -4.31. The standard InChI is InChI=1S/C36H73N2O6P/c1-6-8-10-12-14-15-16-17-18-19-20-21-22-23-24-26-28-30-36(40)37-34(35(39)29-27-25-13-11-9-7-2)33-44-45(41,42)43-32-31-38(3,4)5/h27,29,34-35,39H,6-26,28,30-33H2,1-5H3,(H-,37,40,41,42)/p+1/b29-27+. The van der Waals surface area contributed by atoms with E-state index in [1.165, 1.54) is 96.3 Å². The zero-order chi connectivity index (χ0) is 33.7. The zero-order valence-corrected chi connectivity index (χ0v) is 31.0. The van der Waals surface area contributed by atoms with Gasteiger partial charge in [-0.25, -0.2) is 4.57 Å². The van der Waals surface area contributed by atoms with E-state index in [4.69, 9.17) is 9.05 Å². The molecule has 3 atom stereocenters. The van der Waals surface area contributed by atoms with E-state index >= 15 is 0 Å². The van der Waals surface area contributed by atoms with Crippen molar-refractivity contribution < 1.29 is 32.9 Å². The summed E-state index contributed by atoms with van der Waals surface area (Å²) in [6.07, 6.45) is 30.1. The third kappa shape index (κ3) is 31.6. The van der Waals surface area contributed by atoms with Crippen molar-refractivity contribution in [1.29, 1.82) is 0 Å². The SMILES string of the molecule is CCCCCC/C=C/C(O)C(COP(=O)(O)OCC[N+](C)(C)C)NC(=O)CCCCCCCCCCCCCCCCCCC. The van der Waals surface area contributed by atoms with Crippen molar-refractivity contribution in [3.05, 3.63) is 12.2 Å². The van der Waals surface area contributed by atoms with Crippen LogP contribution in [-0.4, -0.2) is 73.4 Å². The highest BCUT2D eigenvalue weighted by Gasteiger charge is 2.27. The van der Waals surface area contributed by atoms with E-state index in [1.807, 2.05) is 27.2 Å². The smallest absolute Gasteiger partial charge is 0.387 e. The third-order valence-electron chi connectivity index (χ3n) is 8.26. The number of aliphatic hydroxyl groups excluding tert-OH is 1. The Morgan fingerprint density at radius 3 is 1.64 bits per heavy atom. The van der Waals surface area contributed by atoms with Gasteiger partial charge in [-0.15, -0.1) is 0 Å². The Hall–Kier alpha value is -0.760. The van der Waals surface area contributed by atoms with E-state index < -0.39 is 20.0 Å². The van der Waals surface area contributed by atoms with E-state index in [0.717, 1.165) is 44.9 Å². The molecule has 8 nitrogen and oxygen atoms in total. The number of carbonyl (C=O) groups excluding carboxylic acids is 1. The molecule has 0 fully saturated rings. The van der Waals surface area contributed by atoms with Gasteiger partial charge >= 0.3 is 7.82 Å². The van der Waals surface area contributed by atoms with Gasteiger partial charge in [-0.1, -0.05) is 148 Å². The van der Waals surface area contributed by atoms with Gasteiger partial charge in [0.1, 0.15) is 13.2 Å². The van der Waals surface area contributed by atoms with Crippen LogP contribution in [-0.2, 0) is 18.4 Å². The molecule has 0 spiro atoms. The van der Waals surface area contributed by atoms with Crippen molar-refractivity contribution in [1.82, 2.24) is 5.32 Å². The molecule has 3 unspecified atom stereocenters. The third-order valence-corrected chi connectivity index (χ3v) is 9.24. The summed E-state index contributed by atoms with van der Waals surface area (Å²) in [5.74, 6) is -0.182. The Morgan fingerprint density at radius 1 is 0.733 bits per heavy atom. The van der Waals surface area contributed by atoms with Crippen LogP contribution >= 0.6 is 7.82 Å². The average Bonchev–Trinajstić information content (AvgIpc) is 2.97. The summed E-state index contributed by atoms with van der Waals surface area (Å²) in [6, 6.07) is -0.836. The molecule has 0 saturated heterocycles. The van der Waals surface area contributed by atoms with Crippen molar-refractivity contribution in [3.63, 3.8) is 0 Å². The van der Waals surface area contributed by atoms with Gasteiger partial charge < -0.3 is 19.8 Å². The average molecular weight is 662 g/mol. The molecule has 9 heteroatoms. The molecule has 0 aromatic carbocycles. The molecule has 3 N–H and O–H groups in total. The summed E-state index contributed by atoms with van der Waals surface area (Å²) in [5.41, 5.74) is 0. The number of carbonyl (C=O) groups is 1. The molecule has 0 aliphatic carbocycles. The summed E-state index contributed by atoms with van der Waals surface area (Å²) < 4.78 is 23.3. The second-order valence-electron chi connectivity index (χ2n) is 14.0. The van der Waals surface area contributed by atoms with E-state index in [2.05, 4.69) is 19.2 Å². The van der Waals surface area contributed by atoms with Gasteiger partial charge in [0.25, 0.3) is 0 Å². The van der Waals surface area contributed by atoms with E-state index in [-0.39, 0.29) is 19.1 Å². The summed E-state index contributed by atoms with van der Waals surface area (Å²) in [4.78, 5) is 22.8. The first-order valence-electron chi connectivity index (χ1n) is 18.6. The number of amides is 1. The molecule has 45 heavy (non-hydrogen) atoms. The predicted molar refractivity (Wildman–Crippen MR) is 189 cm³/mol. The van der Waals surface area contributed by atoms with Gasteiger partial charge in [0, 0.05) is 6.42 Å². The number of nitrogens with zero attached hydrogens (tertiary/aromatic N) is 1. The summed E-state index contributed by atoms with van der Waals surface area (Å²) >= 11 is 0. The van der Waals surface area contributed by atoms with Crippen molar-refractivity contribution >= 4 is 13.7 Å². The van der Waals surface area contributed by atoms with Crippen LogP contribution < -0.4 is 5.32 Å². The van der Waals surface area contributed by atoms with Crippen LogP contribution in [0.5, 0.6) is 0 Å². The van der Waals surface area contributed by atoms with Crippen molar-refractivity contribution in [3.8, 4) is 0 Å². The van der Waals surface area contributed by atoms with Crippen LogP contribution in [0.1, 0.15) is 162 Å². The minimum Gasteiger partial charge on any atom is -0.387 e. The maximum Gasteiger partial charge on any atom is 0.472 e. The number of aliphatic hydroxyl groups is 1. The Bertz CT molecular complexity index is 758. The molecule has 0 radical (unpaired) electrons. The van der Waals surface area contributed by atoms with Gasteiger partial charge in [-0.05, 0) is 19.3 Å². The number of hydrogen-bond acceptors (Lipinski definition) is 5. The van der Waals surface area contributed by atoms with Gasteiger partial charge in [-0.3, -0.25) is 13.8 Å². The van der Waals surface area contributed by atoms with Gasteiger partial charge in [0.2, 0.25) is 5.91 Å². The number of hydrogen-bond donors (Lipinski definition) is 3. The van der Waals surface area contributed by atoms with Gasteiger partial charge in [0.05, 0.1) is 39.9 Å². The largest absolute Gasteiger partial charge is 0.472 e. The second kappa shape index (κ2) is 29.4. The lowest BCUT2D eigenvalue weighted by Crippen LogP contribution is -2.45. The van der Waals surface area contributed by atoms with Crippen LogP contribution in [0.3, 0.4) is 0 Å². The first-order chi connectivity index (χ1) is 21.5. The van der Waals surface area contributed by atoms with Crippen molar-refractivity contribution in [2.75, 3.05) is 40.9 Å².